The van der Waals surface area contributed by atoms with Crippen LogP contribution in [-0.4, -0.2) is 88.3 Å². The number of aliphatic hydroxyl groups is 1. The Morgan fingerprint density at radius 1 is 1.19 bits per heavy atom. The van der Waals surface area contributed by atoms with Crippen molar-refractivity contribution in [2.45, 2.75) is 32.8 Å². The maximum Gasteiger partial charge on any atom is 0.323 e. The van der Waals surface area contributed by atoms with E-state index in [9.17, 15) is 14.7 Å². The molecule has 0 spiro atoms. The van der Waals surface area contributed by atoms with Gasteiger partial charge >= 0.3 is 12.0 Å². The van der Waals surface area contributed by atoms with E-state index in [-0.39, 0.29) is 12.6 Å². The predicted octanol–water partition coefficient (Wildman–Crippen LogP) is 0.292. The van der Waals surface area contributed by atoms with Gasteiger partial charge in [0.25, 0.3) is 0 Å². The maximum absolute atomic E-state index is 12.3. The minimum absolute atomic E-state index is 0.206. The van der Waals surface area contributed by atoms with Crippen molar-refractivity contribution in [2.75, 3.05) is 45.8 Å². The number of carbonyl (C=O) groups excluding carboxylic acids is 1. The van der Waals surface area contributed by atoms with Gasteiger partial charge in [-0.1, -0.05) is 6.92 Å². The maximum atomic E-state index is 12.3. The number of rotatable bonds is 6. The minimum Gasteiger partial charge on any atom is -0.480 e. The van der Waals surface area contributed by atoms with E-state index in [1.165, 1.54) is 4.90 Å². The van der Waals surface area contributed by atoms with Crippen LogP contribution in [0.5, 0.6) is 0 Å². The summed E-state index contributed by atoms with van der Waals surface area (Å²) in [6, 6.07) is -0.206. The second kappa shape index (κ2) is 7.61. The highest BCUT2D eigenvalue weighted by Gasteiger charge is 2.27. The topological polar surface area (TPSA) is 84.3 Å². The molecule has 0 aromatic rings. The lowest BCUT2D eigenvalue weighted by Gasteiger charge is -2.39. The molecule has 0 aliphatic carbocycles. The first-order valence-corrected chi connectivity index (χ1v) is 7.43. The van der Waals surface area contributed by atoms with Gasteiger partial charge in [-0.25, -0.2) is 4.79 Å². The summed E-state index contributed by atoms with van der Waals surface area (Å²) >= 11 is 0. The van der Waals surface area contributed by atoms with E-state index in [0.717, 1.165) is 6.42 Å². The molecule has 0 aromatic carbocycles. The summed E-state index contributed by atoms with van der Waals surface area (Å²) in [5.41, 5.74) is -0.746. The zero-order valence-corrected chi connectivity index (χ0v) is 13.2. The molecule has 1 fully saturated rings. The highest BCUT2D eigenvalue weighted by atomic mass is 16.4. The smallest absolute Gasteiger partial charge is 0.323 e. The van der Waals surface area contributed by atoms with Crippen molar-refractivity contribution >= 4 is 12.0 Å². The van der Waals surface area contributed by atoms with Crippen LogP contribution in [0.4, 0.5) is 4.79 Å². The summed E-state index contributed by atoms with van der Waals surface area (Å²) in [6.07, 6.45) is 0.734. The Labute approximate surface area is 126 Å². The van der Waals surface area contributed by atoms with Crippen molar-refractivity contribution in [3.63, 3.8) is 0 Å². The van der Waals surface area contributed by atoms with Crippen LogP contribution in [0.2, 0.25) is 0 Å². The number of hydrogen-bond acceptors (Lipinski definition) is 4. The average molecular weight is 301 g/mol. The quantitative estimate of drug-likeness (QED) is 0.737. The fourth-order valence-electron chi connectivity index (χ4n) is 2.52. The van der Waals surface area contributed by atoms with Crippen molar-refractivity contribution in [1.29, 1.82) is 0 Å². The number of carbonyl (C=O) groups is 2. The largest absolute Gasteiger partial charge is 0.480 e. The normalized spacial score (nSPS) is 16.9. The number of amides is 2. The Balaban J connectivity index is 2.51. The van der Waals surface area contributed by atoms with Crippen LogP contribution in [-0.2, 0) is 4.79 Å². The monoisotopic (exact) mass is 301 g/mol. The molecule has 0 aromatic heterocycles. The number of hydrogen-bond donors (Lipinski definition) is 2. The Morgan fingerprint density at radius 3 is 2.19 bits per heavy atom. The van der Waals surface area contributed by atoms with E-state index < -0.39 is 11.6 Å². The standard InChI is InChI=1S/C14H27N3O4/c1-4-5-17(10-12(18)19)13(20)16-8-6-15(7-9-16)11-14(2,3)21/h21H,4-11H2,1-3H3,(H,18,19). The van der Waals surface area contributed by atoms with Gasteiger partial charge in [0.15, 0.2) is 0 Å². The van der Waals surface area contributed by atoms with Crippen LogP contribution in [0.1, 0.15) is 27.2 Å². The molecule has 2 N–H and O–H groups in total. The molecular weight excluding hydrogens is 274 g/mol. The molecule has 1 saturated heterocycles. The average Bonchev–Trinajstić information content (AvgIpc) is 2.36. The highest BCUT2D eigenvalue weighted by molar-refractivity contribution is 5.80. The number of piperazine rings is 1. The summed E-state index contributed by atoms with van der Waals surface area (Å²) in [4.78, 5) is 28.4. The van der Waals surface area contributed by atoms with Crippen LogP contribution in [0.25, 0.3) is 0 Å². The number of carboxylic acids is 1. The first-order chi connectivity index (χ1) is 9.73. The first kappa shape index (κ1) is 17.7. The zero-order chi connectivity index (χ0) is 16.0. The molecule has 1 aliphatic heterocycles. The van der Waals surface area contributed by atoms with Crippen molar-refractivity contribution in [3.8, 4) is 0 Å². The number of carboxylic acid groups (broad SMARTS) is 1. The van der Waals surface area contributed by atoms with Crippen LogP contribution in [0, 0.1) is 0 Å². The van der Waals surface area contributed by atoms with Crippen molar-refractivity contribution < 1.29 is 19.8 Å². The van der Waals surface area contributed by atoms with E-state index in [4.69, 9.17) is 5.11 Å². The molecule has 1 heterocycles. The molecule has 2 amide bonds. The van der Waals surface area contributed by atoms with Gasteiger partial charge in [0.1, 0.15) is 6.54 Å². The molecule has 0 unspecified atom stereocenters. The Bertz CT molecular complexity index is 360. The van der Waals surface area contributed by atoms with Crippen LogP contribution in [0.3, 0.4) is 0 Å². The summed E-state index contributed by atoms with van der Waals surface area (Å²) in [5.74, 6) is -0.988. The van der Waals surface area contributed by atoms with Crippen molar-refractivity contribution in [1.82, 2.24) is 14.7 Å². The van der Waals surface area contributed by atoms with Gasteiger partial charge in [-0.3, -0.25) is 9.69 Å². The van der Waals surface area contributed by atoms with Gasteiger partial charge in [-0.2, -0.15) is 0 Å². The molecule has 1 aliphatic rings. The lowest BCUT2D eigenvalue weighted by Crippen LogP contribution is -2.55. The van der Waals surface area contributed by atoms with Gasteiger partial charge in [0, 0.05) is 39.3 Å². The Kier molecular flexibility index (Phi) is 6.42. The second-order valence-electron chi connectivity index (χ2n) is 6.17. The molecule has 0 radical (unpaired) electrons. The third-order valence-corrected chi connectivity index (χ3v) is 3.34. The highest BCUT2D eigenvalue weighted by Crippen LogP contribution is 2.10. The fraction of sp³-hybridized carbons (Fsp3) is 0.857. The molecule has 21 heavy (non-hydrogen) atoms. The Morgan fingerprint density at radius 2 is 1.76 bits per heavy atom. The Hall–Kier alpha value is -1.34. The number of nitrogens with zero attached hydrogens (tertiary/aromatic N) is 3. The number of β-amino-alcohol motifs (C(OH)–C–C–N with tert-alkyl or cyclic N) is 1. The molecule has 0 atom stereocenters. The zero-order valence-electron chi connectivity index (χ0n) is 13.2. The van der Waals surface area contributed by atoms with Crippen LogP contribution >= 0.6 is 0 Å². The molecule has 0 bridgehead atoms. The van der Waals surface area contributed by atoms with Crippen LogP contribution < -0.4 is 0 Å². The summed E-state index contributed by atoms with van der Waals surface area (Å²) in [6.45, 7) is 8.74. The lowest BCUT2D eigenvalue weighted by atomic mass is 10.1. The number of aliphatic carboxylic acids is 1. The fourth-order valence-corrected chi connectivity index (χ4v) is 2.52. The molecular formula is C14H27N3O4. The molecule has 0 saturated carbocycles. The predicted molar refractivity (Wildman–Crippen MR) is 79.2 cm³/mol. The molecule has 7 heteroatoms. The van der Waals surface area contributed by atoms with Gasteiger partial charge in [-0.05, 0) is 20.3 Å². The molecule has 122 valence electrons. The van der Waals surface area contributed by atoms with E-state index in [1.54, 1.807) is 18.7 Å². The van der Waals surface area contributed by atoms with E-state index >= 15 is 0 Å². The van der Waals surface area contributed by atoms with Crippen LogP contribution in [0.15, 0.2) is 0 Å². The van der Waals surface area contributed by atoms with Crippen molar-refractivity contribution in [3.05, 3.63) is 0 Å². The second-order valence-corrected chi connectivity index (χ2v) is 6.17. The van der Waals surface area contributed by atoms with E-state index in [1.807, 2.05) is 6.92 Å². The summed E-state index contributed by atoms with van der Waals surface area (Å²) < 4.78 is 0. The third-order valence-electron chi connectivity index (χ3n) is 3.34. The summed E-state index contributed by atoms with van der Waals surface area (Å²) in [7, 11) is 0. The van der Waals surface area contributed by atoms with Gasteiger partial charge in [0.2, 0.25) is 0 Å². The summed E-state index contributed by atoms with van der Waals surface area (Å²) in [5, 5.41) is 18.7. The third kappa shape index (κ3) is 6.31. The van der Waals surface area contributed by atoms with Gasteiger partial charge < -0.3 is 20.0 Å². The lowest BCUT2D eigenvalue weighted by molar-refractivity contribution is -0.137. The number of urea groups is 1. The van der Waals surface area contributed by atoms with Gasteiger partial charge in [-0.15, -0.1) is 0 Å². The molecule has 7 nitrogen and oxygen atoms in total. The first-order valence-electron chi connectivity index (χ1n) is 7.43. The minimum atomic E-state index is -0.988. The van der Waals surface area contributed by atoms with E-state index in [0.29, 0.717) is 39.3 Å². The SMILES string of the molecule is CCCN(CC(=O)O)C(=O)N1CCN(CC(C)(C)O)CC1. The van der Waals surface area contributed by atoms with E-state index in [2.05, 4.69) is 4.90 Å². The van der Waals surface area contributed by atoms with Gasteiger partial charge in [0.05, 0.1) is 5.60 Å². The molecule has 1 rings (SSSR count). The van der Waals surface area contributed by atoms with Crippen molar-refractivity contribution in [2.24, 2.45) is 0 Å².